The van der Waals surface area contributed by atoms with Crippen LogP contribution in [0.5, 0.6) is 0 Å². The zero-order chi connectivity index (χ0) is 51.4. The van der Waals surface area contributed by atoms with E-state index in [0.717, 1.165) is 83.5 Å². The van der Waals surface area contributed by atoms with Gasteiger partial charge in [-0.1, -0.05) is 273 Å². The Morgan fingerprint density at radius 2 is 0.577 bits per heavy atom. The monoisotopic (exact) mass is 989 g/mol. The number of unbranched alkanes of at least 4 members (excludes halogenated alkanes) is 29. The van der Waals surface area contributed by atoms with Gasteiger partial charge in [0.25, 0.3) is 0 Å². The highest BCUT2D eigenvalue weighted by molar-refractivity contribution is 5.71. The van der Waals surface area contributed by atoms with Crippen molar-refractivity contribution in [1.82, 2.24) is 0 Å². The van der Waals surface area contributed by atoms with Gasteiger partial charge in [-0.15, -0.1) is 0 Å². The van der Waals surface area contributed by atoms with Crippen molar-refractivity contribution in [3.8, 4) is 0 Å². The fourth-order valence-corrected chi connectivity index (χ4v) is 8.41. The van der Waals surface area contributed by atoms with Gasteiger partial charge in [-0.05, 0) is 83.5 Å². The molecular formula is C65H112O6. The van der Waals surface area contributed by atoms with Crippen molar-refractivity contribution in [1.29, 1.82) is 0 Å². The van der Waals surface area contributed by atoms with Crippen LogP contribution >= 0.6 is 0 Å². The number of carbonyl (C=O) groups excluding carboxylic acids is 3. The van der Waals surface area contributed by atoms with Gasteiger partial charge < -0.3 is 14.2 Å². The second-order valence-electron chi connectivity index (χ2n) is 19.9. The second-order valence-corrected chi connectivity index (χ2v) is 19.9. The number of ether oxygens (including phenoxy) is 3. The van der Waals surface area contributed by atoms with Crippen molar-refractivity contribution >= 4 is 17.9 Å². The topological polar surface area (TPSA) is 78.9 Å². The van der Waals surface area contributed by atoms with Crippen molar-refractivity contribution in [2.75, 3.05) is 13.2 Å². The number of hydrogen-bond acceptors (Lipinski definition) is 6. The normalized spacial score (nSPS) is 12.7. The Bertz CT molecular complexity index is 1370. The van der Waals surface area contributed by atoms with Crippen LogP contribution in [0, 0.1) is 0 Å². The molecule has 0 amide bonds. The quantitative estimate of drug-likeness (QED) is 0.0261. The van der Waals surface area contributed by atoms with E-state index in [0.29, 0.717) is 19.3 Å². The maximum Gasteiger partial charge on any atom is 0.306 e. The first-order valence-corrected chi connectivity index (χ1v) is 30.1. The van der Waals surface area contributed by atoms with E-state index < -0.39 is 6.10 Å². The number of rotatable bonds is 54. The van der Waals surface area contributed by atoms with Crippen LogP contribution in [0.15, 0.2) is 85.1 Å². The summed E-state index contributed by atoms with van der Waals surface area (Å²) < 4.78 is 16.8. The summed E-state index contributed by atoms with van der Waals surface area (Å²) >= 11 is 0. The van der Waals surface area contributed by atoms with Crippen LogP contribution in [0.2, 0.25) is 0 Å². The Balaban J connectivity index is 4.47. The van der Waals surface area contributed by atoms with Crippen LogP contribution in [0.4, 0.5) is 0 Å². The van der Waals surface area contributed by atoms with Gasteiger partial charge in [-0.2, -0.15) is 0 Å². The minimum Gasteiger partial charge on any atom is -0.462 e. The summed E-state index contributed by atoms with van der Waals surface area (Å²) in [5.74, 6) is -0.986. The molecule has 0 aliphatic rings. The third-order valence-corrected chi connectivity index (χ3v) is 12.9. The van der Waals surface area contributed by atoms with Crippen LogP contribution in [0.1, 0.15) is 290 Å². The van der Waals surface area contributed by atoms with E-state index in [1.807, 2.05) is 6.08 Å². The molecule has 6 nitrogen and oxygen atoms in total. The van der Waals surface area contributed by atoms with Gasteiger partial charge in [0.1, 0.15) is 13.2 Å². The molecule has 0 fully saturated rings. The Morgan fingerprint density at radius 3 is 0.944 bits per heavy atom. The average Bonchev–Trinajstić information content (AvgIpc) is 3.37. The lowest BCUT2D eigenvalue weighted by atomic mass is 10.0. The van der Waals surface area contributed by atoms with Crippen molar-refractivity contribution in [2.24, 2.45) is 0 Å². The first-order valence-electron chi connectivity index (χ1n) is 30.1. The molecule has 6 heteroatoms. The van der Waals surface area contributed by atoms with E-state index in [9.17, 15) is 14.4 Å². The summed E-state index contributed by atoms with van der Waals surface area (Å²) in [6.45, 7) is 6.48. The minimum atomic E-state index is -0.810. The molecule has 0 aliphatic carbocycles. The summed E-state index contributed by atoms with van der Waals surface area (Å²) in [4.78, 5) is 38.2. The van der Waals surface area contributed by atoms with Crippen LogP contribution in [0.25, 0.3) is 0 Å². The Hall–Kier alpha value is -3.41. The first kappa shape index (κ1) is 67.6. The van der Waals surface area contributed by atoms with Gasteiger partial charge in [0, 0.05) is 19.3 Å². The van der Waals surface area contributed by atoms with Gasteiger partial charge in [0.15, 0.2) is 6.10 Å². The maximum absolute atomic E-state index is 12.9. The molecule has 0 rings (SSSR count). The molecule has 71 heavy (non-hydrogen) atoms. The molecule has 0 aliphatic heterocycles. The molecule has 0 aromatic heterocycles. The van der Waals surface area contributed by atoms with Gasteiger partial charge in [-0.25, -0.2) is 0 Å². The lowest BCUT2D eigenvalue weighted by Gasteiger charge is -2.18. The largest absolute Gasteiger partial charge is 0.462 e. The molecule has 0 aromatic rings. The first-order chi connectivity index (χ1) is 35.0. The summed E-state index contributed by atoms with van der Waals surface area (Å²) in [6.07, 6.45) is 77.3. The predicted octanol–water partition coefficient (Wildman–Crippen LogP) is 20.3. The fraction of sp³-hybridized carbons (Fsp3) is 0.738. The highest BCUT2D eigenvalue weighted by Gasteiger charge is 2.19. The summed E-state index contributed by atoms with van der Waals surface area (Å²) in [7, 11) is 0. The van der Waals surface area contributed by atoms with Crippen molar-refractivity contribution in [2.45, 2.75) is 297 Å². The van der Waals surface area contributed by atoms with Crippen molar-refractivity contribution in [3.63, 3.8) is 0 Å². The molecule has 0 heterocycles. The van der Waals surface area contributed by atoms with E-state index in [4.69, 9.17) is 14.2 Å². The molecular weight excluding hydrogens is 877 g/mol. The number of esters is 3. The third-order valence-electron chi connectivity index (χ3n) is 12.9. The molecule has 0 saturated heterocycles. The van der Waals surface area contributed by atoms with Gasteiger partial charge in [0.2, 0.25) is 0 Å². The van der Waals surface area contributed by atoms with Crippen LogP contribution < -0.4 is 0 Å². The lowest BCUT2D eigenvalue weighted by molar-refractivity contribution is -0.166. The van der Waals surface area contributed by atoms with Crippen molar-refractivity contribution in [3.05, 3.63) is 85.1 Å². The van der Waals surface area contributed by atoms with Crippen LogP contribution in [-0.2, 0) is 28.6 Å². The highest BCUT2D eigenvalue weighted by atomic mass is 16.6. The smallest absolute Gasteiger partial charge is 0.306 e. The number of allylic oxidation sites excluding steroid dienone is 14. The minimum absolute atomic E-state index is 0.102. The zero-order valence-electron chi connectivity index (χ0n) is 46.7. The van der Waals surface area contributed by atoms with E-state index in [1.54, 1.807) is 0 Å². The van der Waals surface area contributed by atoms with E-state index in [1.165, 1.54) is 161 Å². The molecule has 0 unspecified atom stereocenters. The van der Waals surface area contributed by atoms with E-state index >= 15 is 0 Å². The average molecular weight is 990 g/mol. The lowest BCUT2D eigenvalue weighted by Crippen LogP contribution is -2.30. The molecule has 0 spiro atoms. The van der Waals surface area contributed by atoms with Gasteiger partial charge in [-0.3, -0.25) is 14.4 Å². The highest BCUT2D eigenvalue weighted by Crippen LogP contribution is 2.16. The second kappa shape index (κ2) is 59.2. The SMILES string of the molecule is CC/C=C\C/C=C\C/C=C\C/C=C\C/C=C\C/C=C\CCC(=O)OC[C@@H](COC(=O)CCCCCCC/C=C\CCCCCCCC)OC(=O)CCCCCCCCCCCCCCCCCCCCC. The third kappa shape index (κ3) is 57.4. The summed E-state index contributed by atoms with van der Waals surface area (Å²) in [5.41, 5.74) is 0. The van der Waals surface area contributed by atoms with Gasteiger partial charge >= 0.3 is 17.9 Å². The number of carbonyl (C=O) groups is 3. The molecule has 0 radical (unpaired) electrons. The van der Waals surface area contributed by atoms with Crippen molar-refractivity contribution < 1.29 is 28.6 Å². The number of hydrogen-bond donors (Lipinski definition) is 0. The molecule has 0 saturated carbocycles. The Kier molecular flexibility index (Phi) is 56.3. The predicted molar refractivity (Wildman–Crippen MR) is 307 cm³/mol. The molecule has 0 N–H and O–H groups in total. The zero-order valence-corrected chi connectivity index (χ0v) is 46.7. The molecule has 0 aromatic carbocycles. The fourth-order valence-electron chi connectivity index (χ4n) is 8.41. The standard InChI is InChI=1S/C65H112O6/c1-4-7-10-13-16-19-22-25-28-30-32-34-37-40-43-46-49-52-55-58-64(67)70-61-62(60-69-63(66)57-54-51-48-45-42-39-36-27-24-21-18-15-12-9-6-3)71-65(68)59-56-53-50-47-44-41-38-35-33-31-29-26-23-20-17-14-11-8-5-2/h7,10,16,19,25,27-28,32,34,36,40,43,49,52,62H,4-6,8-9,11-15,17-18,20-24,26,29-31,33,35,37-39,41-42,44-48,50-51,53-61H2,1-3H3/b10-7-,19-16-,28-25-,34-32-,36-27-,43-40-,52-49-/t62-/m1/s1. The Morgan fingerprint density at radius 1 is 0.296 bits per heavy atom. The summed E-state index contributed by atoms with van der Waals surface area (Å²) in [5, 5.41) is 0. The van der Waals surface area contributed by atoms with E-state index in [2.05, 4.69) is 99.8 Å². The maximum atomic E-state index is 12.9. The van der Waals surface area contributed by atoms with Crippen LogP contribution in [-0.4, -0.2) is 37.2 Å². The summed E-state index contributed by atoms with van der Waals surface area (Å²) in [6, 6.07) is 0. The van der Waals surface area contributed by atoms with Gasteiger partial charge in [0.05, 0.1) is 0 Å². The van der Waals surface area contributed by atoms with E-state index in [-0.39, 0.29) is 37.5 Å². The Labute approximate surface area is 439 Å². The molecule has 408 valence electrons. The molecule has 0 bridgehead atoms. The van der Waals surface area contributed by atoms with Crippen LogP contribution in [0.3, 0.4) is 0 Å². The molecule has 1 atom stereocenters.